The van der Waals surface area contributed by atoms with E-state index in [0.29, 0.717) is 23.0 Å². The Morgan fingerprint density at radius 1 is 0.903 bits per heavy atom. The molecule has 0 unspecified atom stereocenters. The molecular weight excluding hydrogens is 524 g/mol. The van der Waals surface area contributed by atoms with Crippen LogP contribution in [0.5, 0.6) is 11.5 Å². The van der Waals surface area contributed by atoms with Crippen molar-refractivity contribution in [3.8, 4) is 11.5 Å². The van der Waals surface area contributed by atoms with Crippen molar-refractivity contribution in [2.45, 2.75) is 0 Å². The average molecular weight is 542 g/mol. The molecular formula is C24H18Br2N2O3. The van der Waals surface area contributed by atoms with Crippen LogP contribution in [0.1, 0.15) is 11.1 Å². The van der Waals surface area contributed by atoms with Gasteiger partial charge in [-0.2, -0.15) is 0 Å². The lowest BCUT2D eigenvalue weighted by molar-refractivity contribution is -0.113. The molecule has 0 saturated carbocycles. The van der Waals surface area contributed by atoms with Gasteiger partial charge in [0, 0.05) is 14.5 Å². The second-order valence-electron chi connectivity index (χ2n) is 6.68. The van der Waals surface area contributed by atoms with Gasteiger partial charge >= 0.3 is 0 Å². The number of anilines is 1. The van der Waals surface area contributed by atoms with Crippen molar-refractivity contribution in [2.75, 3.05) is 19.1 Å². The second-order valence-corrected chi connectivity index (χ2v) is 8.45. The largest absolute Gasteiger partial charge is 0.493 e. The van der Waals surface area contributed by atoms with Gasteiger partial charge < -0.3 is 9.47 Å². The average Bonchev–Trinajstić information content (AvgIpc) is 3.09. The highest BCUT2D eigenvalue weighted by atomic mass is 79.9. The second kappa shape index (κ2) is 9.08. The highest BCUT2D eigenvalue weighted by molar-refractivity contribution is 9.10. The van der Waals surface area contributed by atoms with Gasteiger partial charge in [-0.3, -0.25) is 9.69 Å². The van der Waals surface area contributed by atoms with Gasteiger partial charge in [0.2, 0.25) is 0 Å². The first-order valence-electron chi connectivity index (χ1n) is 9.39. The van der Waals surface area contributed by atoms with Crippen LogP contribution < -0.4 is 14.4 Å². The summed E-state index contributed by atoms with van der Waals surface area (Å²) >= 11 is 7.08. The van der Waals surface area contributed by atoms with Gasteiger partial charge in [-0.1, -0.05) is 62.2 Å². The molecule has 0 fully saturated rings. The lowest BCUT2D eigenvalue weighted by atomic mass is 10.1. The number of benzene rings is 3. The van der Waals surface area contributed by atoms with E-state index in [9.17, 15) is 4.79 Å². The fraction of sp³-hybridized carbons (Fsp3) is 0.0833. The number of nitrogens with zero attached hydrogens (tertiary/aromatic N) is 2. The van der Waals surface area contributed by atoms with Crippen LogP contribution in [0.4, 0.5) is 5.69 Å². The van der Waals surface area contributed by atoms with Crippen molar-refractivity contribution in [2.24, 2.45) is 4.99 Å². The summed E-state index contributed by atoms with van der Waals surface area (Å²) in [6.45, 7) is 0. The van der Waals surface area contributed by atoms with E-state index in [1.165, 1.54) is 0 Å². The van der Waals surface area contributed by atoms with Gasteiger partial charge in [-0.25, -0.2) is 4.99 Å². The zero-order valence-electron chi connectivity index (χ0n) is 16.8. The van der Waals surface area contributed by atoms with Crippen molar-refractivity contribution in [3.05, 3.63) is 92.5 Å². The maximum Gasteiger partial charge on any atom is 0.282 e. The SMILES string of the molecule is COc1ccc(/C=C2/N=C(c3ccccc3Br)N(c3cccc(Br)c3)C2=O)cc1OC. The molecule has 1 aliphatic heterocycles. The first-order valence-corrected chi connectivity index (χ1v) is 11.0. The van der Waals surface area contributed by atoms with Gasteiger partial charge in [-0.15, -0.1) is 0 Å². The number of halogens is 2. The molecule has 1 heterocycles. The summed E-state index contributed by atoms with van der Waals surface area (Å²) in [5.74, 6) is 1.55. The van der Waals surface area contributed by atoms with Gasteiger partial charge in [0.1, 0.15) is 11.5 Å². The Kier molecular flexibility index (Phi) is 6.25. The highest BCUT2D eigenvalue weighted by Gasteiger charge is 2.33. The normalized spacial score (nSPS) is 14.7. The van der Waals surface area contributed by atoms with Crippen LogP contribution in [0.2, 0.25) is 0 Å². The molecule has 156 valence electrons. The Bertz CT molecular complexity index is 1220. The number of aliphatic imine (C=N–C) groups is 1. The summed E-state index contributed by atoms with van der Waals surface area (Å²) in [5, 5.41) is 0. The molecule has 0 saturated heterocycles. The summed E-state index contributed by atoms with van der Waals surface area (Å²) in [5.41, 5.74) is 2.67. The molecule has 7 heteroatoms. The summed E-state index contributed by atoms with van der Waals surface area (Å²) in [4.78, 5) is 19.8. The van der Waals surface area contributed by atoms with Crippen molar-refractivity contribution in [3.63, 3.8) is 0 Å². The number of amides is 1. The predicted octanol–water partition coefficient (Wildman–Crippen LogP) is 6.06. The monoisotopic (exact) mass is 540 g/mol. The van der Waals surface area contributed by atoms with E-state index in [0.717, 1.165) is 25.8 Å². The maximum absolute atomic E-state index is 13.5. The van der Waals surface area contributed by atoms with Crippen LogP contribution >= 0.6 is 31.9 Å². The Morgan fingerprint density at radius 3 is 2.39 bits per heavy atom. The molecule has 0 bridgehead atoms. The highest BCUT2D eigenvalue weighted by Crippen LogP contribution is 2.33. The number of amidine groups is 1. The van der Waals surface area contributed by atoms with Crippen molar-refractivity contribution >= 4 is 55.4 Å². The van der Waals surface area contributed by atoms with Crippen LogP contribution in [0.15, 0.2) is 86.4 Å². The third kappa shape index (κ3) is 4.29. The van der Waals surface area contributed by atoms with Crippen LogP contribution in [-0.2, 0) is 4.79 Å². The van der Waals surface area contributed by atoms with E-state index in [-0.39, 0.29) is 5.91 Å². The van der Waals surface area contributed by atoms with Crippen LogP contribution in [0.25, 0.3) is 6.08 Å². The molecule has 0 N–H and O–H groups in total. The van der Waals surface area contributed by atoms with E-state index in [1.54, 1.807) is 31.3 Å². The zero-order valence-corrected chi connectivity index (χ0v) is 20.0. The molecule has 0 aliphatic carbocycles. The van der Waals surface area contributed by atoms with Crippen LogP contribution in [0.3, 0.4) is 0 Å². The maximum atomic E-state index is 13.5. The van der Waals surface area contributed by atoms with Crippen molar-refractivity contribution < 1.29 is 14.3 Å². The summed E-state index contributed by atoms with van der Waals surface area (Å²) in [7, 11) is 3.16. The number of ether oxygens (including phenoxy) is 2. The molecule has 31 heavy (non-hydrogen) atoms. The van der Waals surface area contributed by atoms with E-state index < -0.39 is 0 Å². The zero-order chi connectivity index (χ0) is 22.0. The topological polar surface area (TPSA) is 51.1 Å². The Balaban J connectivity index is 1.84. The molecule has 0 atom stereocenters. The Hall–Kier alpha value is -2.90. The smallest absolute Gasteiger partial charge is 0.282 e. The summed E-state index contributed by atoms with van der Waals surface area (Å²) in [6, 6.07) is 20.8. The van der Waals surface area contributed by atoms with Gasteiger partial charge in [0.15, 0.2) is 11.5 Å². The quantitative estimate of drug-likeness (QED) is 0.369. The molecule has 4 rings (SSSR count). The standard InChI is InChI=1S/C24H18Br2N2O3/c1-30-21-11-10-15(13-22(21)31-2)12-20-24(29)28(17-7-5-6-16(25)14-17)23(27-20)18-8-3-4-9-19(18)26/h3-14H,1-2H3/b20-12+. The van der Waals surface area contributed by atoms with E-state index >= 15 is 0 Å². The molecule has 1 aliphatic rings. The predicted molar refractivity (Wildman–Crippen MR) is 130 cm³/mol. The lowest BCUT2D eigenvalue weighted by Gasteiger charge is -2.19. The Morgan fingerprint density at radius 2 is 1.68 bits per heavy atom. The number of hydrogen-bond acceptors (Lipinski definition) is 4. The summed E-state index contributed by atoms with van der Waals surface area (Å²) in [6.07, 6.45) is 1.75. The number of hydrogen-bond donors (Lipinski definition) is 0. The molecule has 5 nitrogen and oxygen atoms in total. The third-order valence-corrected chi connectivity index (χ3v) is 5.94. The minimum absolute atomic E-state index is 0.210. The van der Waals surface area contributed by atoms with Crippen molar-refractivity contribution in [1.29, 1.82) is 0 Å². The molecule has 0 spiro atoms. The van der Waals surface area contributed by atoms with Crippen LogP contribution in [-0.4, -0.2) is 26.0 Å². The third-order valence-electron chi connectivity index (χ3n) is 4.75. The van der Waals surface area contributed by atoms with Gasteiger partial charge in [0.25, 0.3) is 5.91 Å². The fourth-order valence-electron chi connectivity index (χ4n) is 3.30. The number of carbonyl (C=O) groups excluding carboxylic acids is 1. The molecule has 0 radical (unpaired) electrons. The number of rotatable bonds is 5. The van der Waals surface area contributed by atoms with E-state index in [4.69, 9.17) is 14.5 Å². The fourth-order valence-corrected chi connectivity index (χ4v) is 4.14. The first kappa shape index (κ1) is 21.3. The Labute approximate surface area is 197 Å². The number of methoxy groups -OCH3 is 2. The lowest BCUT2D eigenvalue weighted by Crippen LogP contribution is -2.32. The minimum Gasteiger partial charge on any atom is -0.493 e. The van der Waals surface area contributed by atoms with Gasteiger partial charge in [0.05, 0.1) is 19.9 Å². The molecule has 3 aromatic carbocycles. The van der Waals surface area contributed by atoms with E-state index in [1.807, 2.05) is 60.7 Å². The molecule has 3 aromatic rings. The van der Waals surface area contributed by atoms with Gasteiger partial charge in [-0.05, 0) is 48.0 Å². The number of carbonyl (C=O) groups is 1. The van der Waals surface area contributed by atoms with E-state index in [2.05, 4.69) is 31.9 Å². The molecule has 0 aromatic heterocycles. The van der Waals surface area contributed by atoms with Crippen molar-refractivity contribution in [1.82, 2.24) is 0 Å². The first-order chi connectivity index (χ1) is 15.0. The molecule has 1 amide bonds. The van der Waals surface area contributed by atoms with Crippen LogP contribution in [0, 0.1) is 0 Å². The minimum atomic E-state index is -0.210. The summed E-state index contributed by atoms with van der Waals surface area (Å²) < 4.78 is 12.4.